The minimum Gasteiger partial charge on any atom is -0.383 e. The van der Waals surface area contributed by atoms with E-state index in [-0.39, 0.29) is 0 Å². The van der Waals surface area contributed by atoms with E-state index in [9.17, 15) is 4.21 Å². The minimum absolute atomic E-state index is 0.611. The van der Waals surface area contributed by atoms with Gasteiger partial charge in [-0.2, -0.15) is 0 Å². The fourth-order valence-corrected chi connectivity index (χ4v) is 4.90. The topological polar surface area (TPSA) is 42.0 Å². The molecule has 33 heavy (non-hydrogen) atoms. The van der Waals surface area contributed by atoms with Crippen LogP contribution in [0.15, 0.2) is 89.8 Å². The predicted octanol–water partition coefficient (Wildman–Crippen LogP) is 4.51. The summed E-state index contributed by atoms with van der Waals surface area (Å²) in [7, 11) is 2.14. The number of benzene rings is 3. The highest BCUT2D eigenvalue weighted by atomic mass is 32.2. The zero-order valence-electron chi connectivity index (χ0n) is 19.6. The second-order valence-corrected chi connectivity index (χ2v) is 9.41. The van der Waals surface area contributed by atoms with Crippen LogP contribution < -0.4 is 0 Å². The van der Waals surface area contributed by atoms with Crippen LogP contribution >= 0.6 is 0 Å². The van der Waals surface area contributed by atoms with Gasteiger partial charge in [0.25, 0.3) is 0 Å². The standard InChI is InChI=1S/C27H34N2O3S/c1-31-18-16-28(17-19-32-2)21-26-14-9-15-27(20-26)33(30)29(22-24-10-5-3-6-11-24)23-25-12-7-4-8-13-25/h3-15,20H,16-19,21-23H2,1-2H3. The molecule has 1 unspecified atom stereocenters. The first-order valence-electron chi connectivity index (χ1n) is 11.2. The van der Waals surface area contributed by atoms with Gasteiger partial charge in [-0.05, 0) is 28.8 Å². The van der Waals surface area contributed by atoms with Gasteiger partial charge in [-0.3, -0.25) is 4.90 Å². The summed E-state index contributed by atoms with van der Waals surface area (Å²) in [5.41, 5.74) is 3.42. The molecule has 3 aromatic carbocycles. The maximum atomic E-state index is 13.7. The van der Waals surface area contributed by atoms with Crippen LogP contribution in [0, 0.1) is 0 Å². The van der Waals surface area contributed by atoms with E-state index >= 15 is 0 Å². The molecular formula is C27H34N2O3S. The summed E-state index contributed by atoms with van der Waals surface area (Å²) >= 11 is 0. The summed E-state index contributed by atoms with van der Waals surface area (Å²) in [5.74, 6) is 0. The fourth-order valence-electron chi connectivity index (χ4n) is 3.62. The molecule has 0 saturated heterocycles. The van der Waals surface area contributed by atoms with Gasteiger partial charge in [-0.15, -0.1) is 0 Å². The van der Waals surface area contributed by atoms with Crippen LogP contribution in [0.25, 0.3) is 0 Å². The summed E-state index contributed by atoms with van der Waals surface area (Å²) < 4.78 is 26.3. The summed E-state index contributed by atoms with van der Waals surface area (Å²) in [6.07, 6.45) is 0. The molecule has 0 radical (unpaired) electrons. The molecule has 0 spiro atoms. The van der Waals surface area contributed by atoms with Gasteiger partial charge < -0.3 is 9.47 Å². The van der Waals surface area contributed by atoms with Gasteiger partial charge in [0.1, 0.15) is 11.0 Å². The molecule has 0 aliphatic rings. The number of hydrogen-bond donors (Lipinski definition) is 0. The van der Waals surface area contributed by atoms with E-state index < -0.39 is 11.0 Å². The average Bonchev–Trinajstić information content (AvgIpc) is 2.86. The van der Waals surface area contributed by atoms with Crippen LogP contribution in [0.1, 0.15) is 16.7 Å². The molecule has 5 nitrogen and oxygen atoms in total. The molecule has 0 aliphatic carbocycles. The third-order valence-electron chi connectivity index (χ3n) is 5.37. The molecule has 6 heteroatoms. The van der Waals surface area contributed by atoms with E-state index in [0.717, 1.165) is 41.2 Å². The lowest BCUT2D eigenvalue weighted by atomic mass is 10.2. The normalized spacial score (nSPS) is 12.4. The monoisotopic (exact) mass is 466 g/mol. The van der Waals surface area contributed by atoms with Crippen molar-refractivity contribution in [2.24, 2.45) is 0 Å². The Morgan fingerprint density at radius 2 is 1.18 bits per heavy atom. The van der Waals surface area contributed by atoms with Crippen LogP contribution in [0.5, 0.6) is 0 Å². The molecule has 3 rings (SSSR count). The van der Waals surface area contributed by atoms with Gasteiger partial charge in [-0.25, -0.2) is 8.51 Å². The van der Waals surface area contributed by atoms with Crippen molar-refractivity contribution in [2.75, 3.05) is 40.5 Å². The Morgan fingerprint density at radius 1 is 0.667 bits per heavy atom. The molecule has 0 bridgehead atoms. The van der Waals surface area contributed by atoms with Crippen molar-refractivity contribution in [3.8, 4) is 0 Å². The molecule has 3 aromatic rings. The third-order valence-corrected chi connectivity index (χ3v) is 6.75. The first kappa shape index (κ1) is 25.3. The summed E-state index contributed by atoms with van der Waals surface area (Å²) in [6.45, 7) is 4.95. The molecule has 0 fully saturated rings. The Bertz CT molecular complexity index is 920. The van der Waals surface area contributed by atoms with Gasteiger partial charge in [0, 0.05) is 46.9 Å². The van der Waals surface area contributed by atoms with E-state index in [0.29, 0.717) is 26.3 Å². The van der Waals surface area contributed by atoms with Crippen molar-refractivity contribution >= 4 is 11.0 Å². The van der Waals surface area contributed by atoms with Crippen LogP contribution in [0.2, 0.25) is 0 Å². The zero-order valence-corrected chi connectivity index (χ0v) is 20.4. The van der Waals surface area contributed by atoms with Crippen LogP contribution in [0.4, 0.5) is 0 Å². The minimum atomic E-state index is -1.29. The largest absolute Gasteiger partial charge is 0.383 e. The van der Waals surface area contributed by atoms with Crippen molar-refractivity contribution in [1.29, 1.82) is 0 Å². The molecular weight excluding hydrogens is 432 g/mol. The number of methoxy groups -OCH3 is 2. The molecule has 0 aliphatic heterocycles. The molecule has 176 valence electrons. The predicted molar refractivity (Wildman–Crippen MR) is 134 cm³/mol. The first-order valence-corrected chi connectivity index (χ1v) is 12.3. The molecule has 0 saturated carbocycles. The Hall–Kier alpha value is -2.35. The molecule has 0 aromatic heterocycles. The highest BCUT2D eigenvalue weighted by molar-refractivity contribution is 7.82. The Kier molecular flexibility index (Phi) is 10.7. The SMILES string of the molecule is COCCN(CCOC)Cc1cccc(S(=O)N(Cc2ccccc2)Cc2ccccc2)c1. The maximum absolute atomic E-state index is 13.7. The summed E-state index contributed by atoms with van der Waals surface area (Å²) in [4.78, 5) is 3.11. The van der Waals surface area contributed by atoms with Crippen molar-refractivity contribution in [3.63, 3.8) is 0 Å². The third kappa shape index (κ3) is 8.50. The van der Waals surface area contributed by atoms with E-state index in [1.165, 1.54) is 0 Å². The first-order chi connectivity index (χ1) is 16.2. The van der Waals surface area contributed by atoms with Crippen LogP contribution in [-0.2, 0) is 40.1 Å². The van der Waals surface area contributed by atoms with E-state index in [1.54, 1.807) is 14.2 Å². The summed E-state index contributed by atoms with van der Waals surface area (Å²) in [5, 5.41) is 0. The Morgan fingerprint density at radius 3 is 1.70 bits per heavy atom. The Balaban J connectivity index is 1.78. The lowest BCUT2D eigenvalue weighted by molar-refractivity contribution is 0.110. The van der Waals surface area contributed by atoms with Crippen molar-refractivity contribution < 1.29 is 13.7 Å². The number of ether oxygens (including phenoxy) is 2. The average molecular weight is 467 g/mol. The second-order valence-electron chi connectivity index (χ2n) is 7.93. The second kappa shape index (κ2) is 14.0. The van der Waals surface area contributed by atoms with Crippen molar-refractivity contribution in [1.82, 2.24) is 9.21 Å². The van der Waals surface area contributed by atoms with E-state index in [1.807, 2.05) is 52.8 Å². The van der Waals surface area contributed by atoms with E-state index in [2.05, 4.69) is 41.3 Å². The van der Waals surface area contributed by atoms with Gasteiger partial charge in [0.15, 0.2) is 0 Å². The molecule has 0 amide bonds. The molecule has 0 N–H and O–H groups in total. The number of rotatable bonds is 14. The summed E-state index contributed by atoms with van der Waals surface area (Å²) in [6, 6.07) is 28.5. The molecule has 0 heterocycles. The van der Waals surface area contributed by atoms with Gasteiger partial charge in [0.2, 0.25) is 0 Å². The molecule has 1 atom stereocenters. The maximum Gasteiger partial charge on any atom is 0.128 e. The zero-order chi connectivity index (χ0) is 23.3. The van der Waals surface area contributed by atoms with E-state index in [4.69, 9.17) is 9.47 Å². The lowest BCUT2D eigenvalue weighted by Crippen LogP contribution is -2.30. The Labute approximate surface area is 200 Å². The highest BCUT2D eigenvalue weighted by Gasteiger charge is 2.17. The van der Waals surface area contributed by atoms with Crippen LogP contribution in [-0.4, -0.2) is 53.9 Å². The van der Waals surface area contributed by atoms with Gasteiger partial charge in [-0.1, -0.05) is 72.8 Å². The van der Waals surface area contributed by atoms with Gasteiger partial charge in [0.05, 0.1) is 18.1 Å². The highest BCUT2D eigenvalue weighted by Crippen LogP contribution is 2.19. The fraction of sp³-hybridized carbons (Fsp3) is 0.333. The quantitative estimate of drug-likeness (QED) is 0.351. The number of nitrogens with zero attached hydrogens (tertiary/aromatic N) is 2. The number of hydrogen-bond acceptors (Lipinski definition) is 4. The smallest absolute Gasteiger partial charge is 0.128 e. The van der Waals surface area contributed by atoms with Crippen molar-refractivity contribution in [2.45, 2.75) is 24.5 Å². The van der Waals surface area contributed by atoms with Crippen molar-refractivity contribution in [3.05, 3.63) is 102 Å². The lowest BCUT2D eigenvalue weighted by Gasteiger charge is -2.23. The van der Waals surface area contributed by atoms with Crippen LogP contribution in [0.3, 0.4) is 0 Å². The van der Waals surface area contributed by atoms with Gasteiger partial charge >= 0.3 is 0 Å².